The van der Waals surface area contributed by atoms with E-state index in [9.17, 15) is 14.9 Å². The van der Waals surface area contributed by atoms with Gasteiger partial charge in [0.2, 0.25) is 11.4 Å². The fourth-order valence-corrected chi connectivity index (χ4v) is 3.11. The molecule has 1 amide bonds. The smallest absolute Gasteiger partial charge is 0.249 e. The average molecular weight is 264 g/mol. The molecule has 2 unspecified atom stereocenters. The van der Waals surface area contributed by atoms with Crippen molar-refractivity contribution < 1.29 is 9.72 Å². The van der Waals surface area contributed by atoms with Crippen LogP contribution in [0.25, 0.3) is 0 Å². The van der Waals surface area contributed by atoms with Crippen molar-refractivity contribution in [3.63, 3.8) is 0 Å². The van der Waals surface area contributed by atoms with E-state index in [2.05, 4.69) is 0 Å². The monoisotopic (exact) mass is 264 g/mol. The van der Waals surface area contributed by atoms with E-state index in [1.54, 1.807) is 18.2 Å². The molecular weight excluding hydrogens is 252 g/mol. The number of amides is 1. The summed E-state index contributed by atoms with van der Waals surface area (Å²) >= 11 is 1.38. The fraction of sp³-hybridized carbons (Fsp3) is 0.250. The lowest BCUT2D eigenvalue weighted by atomic mass is 9.76. The van der Waals surface area contributed by atoms with Gasteiger partial charge >= 0.3 is 0 Å². The predicted octanol–water partition coefficient (Wildman–Crippen LogP) is 1.85. The van der Waals surface area contributed by atoms with E-state index < -0.39 is 17.4 Å². The van der Waals surface area contributed by atoms with Crippen molar-refractivity contribution in [1.82, 2.24) is 0 Å². The summed E-state index contributed by atoms with van der Waals surface area (Å²) in [5.74, 6) is -1.25. The Hall–Kier alpha value is -1.95. The Morgan fingerprint density at radius 3 is 2.83 bits per heavy atom. The lowest BCUT2D eigenvalue weighted by molar-refractivity contribution is -0.553. The summed E-state index contributed by atoms with van der Waals surface area (Å²) in [5, 5.41) is 13.2. The molecule has 0 saturated carbocycles. The van der Waals surface area contributed by atoms with Crippen molar-refractivity contribution in [2.45, 2.75) is 18.4 Å². The third kappa shape index (κ3) is 1.84. The van der Waals surface area contributed by atoms with E-state index in [1.807, 2.05) is 5.38 Å². The molecule has 0 fully saturated rings. The SMILES string of the molecule is CC1([N+](=O)[O-])C=CC=C(C(N)=O)C1c1cccs1. The van der Waals surface area contributed by atoms with Crippen LogP contribution in [-0.4, -0.2) is 16.4 Å². The maximum absolute atomic E-state index is 11.5. The number of primary amides is 1. The molecule has 94 valence electrons. The van der Waals surface area contributed by atoms with Crippen molar-refractivity contribution in [3.8, 4) is 0 Å². The lowest BCUT2D eigenvalue weighted by Gasteiger charge is -2.29. The molecule has 0 radical (unpaired) electrons. The largest absolute Gasteiger partial charge is 0.366 e. The molecule has 0 spiro atoms. The van der Waals surface area contributed by atoms with Crippen LogP contribution in [0.1, 0.15) is 17.7 Å². The minimum absolute atomic E-state index is 0.277. The van der Waals surface area contributed by atoms with E-state index in [0.29, 0.717) is 0 Å². The quantitative estimate of drug-likeness (QED) is 0.667. The normalized spacial score (nSPS) is 26.7. The van der Waals surface area contributed by atoms with Crippen molar-refractivity contribution in [2.24, 2.45) is 5.73 Å². The number of hydrogen-bond acceptors (Lipinski definition) is 4. The second kappa shape index (κ2) is 4.38. The van der Waals surface area contributed by atoms with E-state index >= 15 is 0 Å². The van der Waals surface area contributed by atoms with E-state index in [1.165, 1.54) is 30.4 Å². The average Bonchev–Trinajstić information content (AvgIpc) is 2.81. The van der Waals surface area contributed by atoms with Gasteiger partial charge in [0.1, 0.15) is 0 Å². The van der Waals surface area contributed by atoms with Gasteiger partial charge in [-0.15, -0.1) is 11.3 Å². The van der Waals surface area contributed by atoms with Gasteiger partial charge in [0, 0.05) is 22.3 Å². The zero-order valence-electron chi connectivity index (χ0n) is 9.70. The Balaban J connectivity index is 2.58. The van der Waals surface area contributed by atoms with Crippen LogP contribution in [0.5, 0.6) is 0 Å². The minimum Gasteiger partial charge on any atom is -0.366 e. The Morgan fingerprint density at radius 2 is 2.33 bits per heavy atom. The molecule has 0 bridgehead atoms. The lowest BCUT2D eigenvalue weighted by Crippen LogP contribution is -2.43. The van der Waals surface area contributed by atoms with Crippen LogP contribution in [0, 0.1) is 10.1 Å². The predicted molar refractivity (Wildman–Crippen MR) is 68.9 cm³/mol. The van der Waals surface area contributed by atoms with E-state index in [4.69, 9.17) is 5.73 Å². The Kier molecular flexibility index (Phi) is 3.04. The number of allylic oxidation sites excluding steroid dienone is 2. The van der Waals surface area contributed by atoms with Crippen molar-refractivity contribution in [3.05, 3.63) is 56.3 Å². The standard InChI is InChI=1S/C12H12N2O3S/c1-12(14(16)17)6-2-4-8(11(13)15)10(12)9-5-3-7-18-9/h2-7,10H,1H3,(H2,13,15). The number of carbonyl (C=O) groups excluding carboxylic acids is 1. The molecule has 1 heterocycles. The van der Waals surface area contributed by atoms with Gasteiger partial charge in [0.15, 0.2) is 0 Å². The third-order valence-corrected chi connectivity index (χ3v) is 4.05. The van der Waals surface area contributed by atoms with Gasteiger partial charge in [-0.2, -0.15) is 0 Å². The second-order valence-corrected chi connectivity index (χ2v) is 5.26. The maximum atomic E-state index is 11.5. The van der Waals surface area contributed by atoms with Gasteiger partial charge in [0.25, 0.3) is 0 Å². The van der Waals surface area contributed by atoms with Crippen molar-refractivity contribution in [2.75, 3.05) is 0 Å². The van der Waals surface area contributed by atoms with Gasteiger partial charge in [-0.1, -0.05) is 18.2 Å². The molecule has 0 aromatic carbocycles. The van der Waals surface area contributed by atoms with Crippen LogP contribution in [0.4, 0.5) is 0 Å². The highest BCUT2D eigenvalue weighted by Gasteiger charge is 2.49. The highest BCUT2D eigenvalue weighted by atomic mass is 32.1. The number of nitrogens with two attached hydrogens (primary N) is 1. The molecule has 1 aliphatic carbocycles. The van der Waals surface area contributed by atoms with Crippen LogP contribution in [0.3, 0.4) is 0 Å². The molecule has 0 aliphatic heterocycles. The molecule has 5 nitrogen and oxygen atoms in total. The summed E-state index contributed by atoms with van der Waals surface area (Å²) in [6.07, 6.45) is 4.58. The van der Waals surface area contributed by atoms with E-state index in [-0.39, 0.29) is 10.5 Å². The molecular formula is C12H12N2O3S. The molecule has 1 aliphatic rings. The summed E-state index contributed by atoms with van der Waals surface area (Å²) in [6, 6.07) is 3.59. The molecule has 2 atom stereocenters. The second-order valence-electron chi connectivity index (χ2n) is 4.28. The highest BCUT2D eigenvalue weighted by Crippen LogP contribution is 2.42. The first-order chi connectivity index (χ1) is 8.47. The first-order valence-corrected chi connectivity index (χ1v) is 6.22. The third-order valence-electron chi connectivity index (χ3n) is 3.11. The van der Waals surface area contributed by atoms with Crippen LogP contribution in [0.15, 0.2) is 41.3 Å². The number of nitrogens with zero attached hydrogens (tertiary/aromatic N) is 1. The summed E-state index contributed by atoms with van der Waals surface area (Å²) in [7, 11) is 0. The zero-order valence-corrected chi connectivity index (χ0v) is 10.5. The molecule has 18 heavy (non-hydrogen) atoms. The number of hydrogen-bond donors (Lipinski definition) is 1. The van der Waals surface area contributed by atoms with Gasteiger partial charge in [0.05, 0.1) is 5.92 Å². The first-order valence-electron chi connectivity index (χ1n) is 5.34. The Bertz CT molecular complexity index is 548. The van der Waals surface area contributed by atoms with E-state index in [0.717, 1.165) is 4.88 Å². The zero-order chi connectivity index (χ0) is 13.3. The Morgan fingerprint density at radius 1 is 1.61 bits per heavy atom. The molecule has 1 aromatic rings. The molecule has 0 saturated heterocycles. The number of rotatable bonds is 3. The van der Waals surface area contributed by atoms with Crippen molar-refractivity contribution in [1.29, 1.82) is 0 Å². The highest BCUT2D eigenvalue weighted by molar-refractivity contribution is 7.10. The van der Waals surface area contributed by atoms with Crippen LogP contribution < -0.4 is 5.73 Å². The van der Waals surface area contributed by atoms with Gasteiger partial charge in [-0.05, 0) is 17.5 Å². The van der Waals surface area contributed by atoms with Crippen molar-refractivity contribution >= 4 is 17.2 Å². The maximum Gasteiger partial charge on any atom is 0.249 e. The van der Waals surface area contributed by atoms with Crippen LogP contribution in [0.2, 0.25) is 0 Å². The number of nitro groups is 1. The van der Waals surface area contributed by atoms with Gasteiger partial charge in [-0.3, -0.25) is 14.9 Å². The first kappa shape index (κ1) is 12.5. The summed E-state index contributed by atoms with van der Waals surface area (Å²) in [6.45, 7) is 1.50. The minimum atomic E-state index is -1.34. The summed E-state index contributed by atoms with van der Waals surface area (Å²) < 4.78 is 0. The summed E-state index contributed by atoms with van der Waals surface area (Å²) in [5.41, 5.74) is 4.26. The molecule has 6 heteroatoms. The topological polar surface area (TPSA) is 86.2 Å². The fourth-order valence-electron chi connectivity index (χ4n) is 2.14. The van der Waals surface area contributed by atoms with Gasteiger partial charge < -0.3 is 5.73 Å². The Labute approximate surface area is 108 Å². The van der Waals surface area contributed by atoms with Crippen LogP contribution >= 0.6 is 11.3 Å². The molecule has 1 aromatic heterocycles. The number of thiophene rings is 1. The number of carbonyl (C=O) groups is 1. The molecule has 2 N–H and O–H groups in total. The van der Waals surface area contributed by atoms with Crippen LogP contribution in [-0.2, 0) is 4.79 Å². The van der Waals surface area contributed by atoms with Gasteiger partial charge in [-0.25, -0.2) is 0 Å². The summed E-state index contributed by atoms with van der Waals surface area (Å²) in [4.78, 5) is 23.2. The molecule has 2 rings (SSSR count).